The van der Waals surface area contributed by atoms with Crippen LogP contribution in [0.15, 0.2) is 77.2 Å². The summed E-state index contributed by atoms with van der Waals surface area (Å²) in [6, 6.07) is 22.0. The second-order valence-electron chi connectivity index (χ2n) is 6.69. The molecule has 4 aromatic rings. The van der Waals surface area contributed by atoms with E-state index < -0.39 is 5.91 Å². The van der Waals surface area contributed by atoms with Gasteiger partial charge in [-0.1, -0.05) is 48.5 Å². The topological polar surface area (TPSA) is 71.3 Å². The van der Waals surface area contributed by atoms with E-state index in [1.54, 1.807) is 18.2 Å². The summed E-state index contributed by atoms with van der Waals surface area (Å²) >= 11 is 5.25. The molecule has 2 N–H and O–H groups in total. The smallest absolute Gasteiger partial charge is 0.293 e. The molecule has 0 aliphatic heterocycles. The van der Waals surface area contributed by atoms with Gasteiger partial charge in [-0.05, 0) is 47.6 Å². The van der Waals surface area contributed by atoms with Crippen LogP contribution in [-0.4, -0.2) is 16.8 Å². The SMILES string of the molecule is O=C(NC(=S)Nc1ccc2c(c1)C(=O)c1ccccc1-2)c1cc2ccccc2o1. The molecule has 6 heteroatoms. The van der Waals surface area contributed by atoms with Gasteiger partial charge in [0.2, 0.25) is 0 Å². The van der Waals surface area contributed by atoms with Crippen molar-refractivity contribution in [1.29, 1.82) is 0 Å². The first-order chi connectivity index (χ1) is 14.1. The molecule has 1 aromatic heterocycles. The molecule has 0 bridgehead atoms. The first-order valence-corrected chi connectivity index (χ1v) is 9.40. The lowest BCUT2D eigenvalue weighted by atomic mass is 10.1. The van der Waals surface area contributed by atoms with E-state index in [-0.39, 0.29) is 16.7 Å². The van der Waals surface area contributed by atoms with Crippen LogP contribution < -0.4 is 10.6 Å². The molecule has 29 heavy (non-hydrogen) atoms. The monoisotopic (exact) mass is 398 g/mol. The van der Waals surface area contributed by atoms with Crippen molar-refractivity contribution in [2.45, 2.75) is 0 Å². The molecular weight excluding hydrogens is 384 g/mol. The number of carbonyl (C=O) groups excluding carboxylic acids is 2. The molecule has 0 unspecified atom stereocenters. The van der Waals surface area contributed by atoms with Gasteiger partial charge in [-0.3, -0.25) is 14.9 Å². The van der Waals surface area contributed by atoms with Gasteiger partial charge in [0.05, 0.1) is 0 Å². The molecule has 5 nitrogen and oxygen atoms in total. The molecule has 140 valence electrons. The van der Waals surface area contributed by atoms with Crippen LogP contribution in [0, 0.1) is 0 Å². The minimum absolute atomic E-state index is 0.0171. The molecule has 0 spiro atoms. The summed E-state index contributed by atoms with van der Waals surface area (Å²) in [5.41, 5.74) is 4.39. The Labute approximate surface area is 171 Å². The molecule has 1 amide bonds. The average Bonchev–Trinajstić information content (AvgIpc) is 3.28. The molecule has 0 radical (unpaired) electrons. The van der Waals surface area contributed by atoms with Crippen LogP contribution >= 0.6 is 12.2 Å². The highest BCUT2D eigenvalue weighted by molar-refractivity contribution is 7.80. The number of para-hydroxylation sites is 1. The maximum Gasteiger partial charge on any atom is 0.293 e. The summed E-state index contributed by atoms with van der Waals surface area (Å²) in [7, 11) is 0. The third-order valence-corrected chi connectivity index (χ3v) is 5.06. The molecule has 0 saturated heterocycles. The summed E-state index contributed by atoms with van der Waals surface area (Å²) in [6.45, 7) is 0. The molecule has 0 saturated carbocycles. The molecule has 3 aromatic carbocycles. The highest BCUT2D eigenvalue weighted by atomic mass is 32.1. The van der Waals surface area contributed by atoms with Crippen molar-refractivity contribution in [2.75, 3.05) is 5.32 Å². The molecule has 0 fully saturated rings. The van der Waals surface area contributed by atoms with Crippen molar-refractivity contribution in [2.24, 2.45) is 0 Å². The number of nitrogens with one attached hydrogen (secondary N) is 2. The van der Waals surface area contributed by atoms with Crippen molar-refractivity contribution >= 4 is 45.7 Å². The molecule has 5 rings (SSSR count). The Bertz CT molecular complexity index is 1290. The van der Waals surface area contributed by atoms with E-state index in [9.17, 15) is 9.59 Å². The van der Waals surface area contributed by atoms with Crippen LogP contribution in [-0.2, 0) is 0 Å². The fourth-order valence-electron chi connectivity index (χ4n) is 3.53. The number of ketones is 1. The van der Waals surface area contributed by atoms with Gasteiger partial charge in [-0.25, -0.2) is 0 Å². The van der Waals surface area contributed by atoms with Crippen LogP contribution in [0.3, 0.4) is 0 Å². The normalized spacial score (nSPS) is 11.8. The van der Waals surface area contributed by atoms with E-state index in [2.05, 4.69) is 10.6 Å². The lowest BCUT2D eigenvalue weighted by Gasteiger charge is -2.10. The number of rotatable bonds is 2. The maximum atomic E-state index is 12.6. The van der Waals surface area contributed by atoms with Gasteiger partial charge in [-0.15, -0.1) is 0 Å². The van der Waals surface area contributed by atoms with Gasteiger partial charge in [0.25, 0.3) is 5.91 Å². The number of hydrogen-bond donors (Lipinski definition) is 2. The third kappa shape index (κ3) is 2.99. The Hall–Kier alpha value is -3.77. The second kappa shape index (κ2) is 6.68. The summed E-state index contributed by atoms with van der Waals surface area (Å²) in [6.07, 6.45) is 0. The van der Waals surface area contributed by atoms with Crippen molar-refractivity contribution in [3.63, 3.8) is 0 Å². The Morgan fingerprint density at radius 1 is 0.828 bits per heavy atom. The zero-order chi connectivity index (χ0) is 20.0. The molecule has 1 aliphatic rings. The highest BCUT2D eigenvalue weighted by Crippen LogP contribution is 2.37. The summed E-state index contributed by atoms with van der Waals surface area (Å²) in [5.74, 6) is -0.283. The highest BCUT2D eigenvalue weighted by Gasteiger charge is 2.26. The summed E-state index contributed by atoms with van der Waals surface area (Å²) < 4.78 is 5.55. The van der Waals surface area contributed by atoms with Crippen molar-refractivity contribution in [3.8, 4) is 11.1 Å². The lowest BCUT2D eigenvalue weighted by Crippen LogP contribution is -2.33. The largest absolute Gasteiger partial charge is 0.451 e. The predicted molar refractivity (Wildman–Crippen MR) is 115 cm³/mol. The number of benzene rings is 3. The van der Waals surface area contributed by atoms with Crippen LogP contribution in [0.2, 0.25) is 0 Å². The van der Waals surface area contributed by atoms with E-state index in [0.29, 0.717) is 22.4 Å². The Morgan fingerprint density at radius 3 is 2.38 bits per heavy atom. The lowest BCUT2D eigenvalue weighted by molar-refractivity contribution is 0.0952. The Kier molecular flexibility index (Phi) is 4.00. The molecule has 0 atom stereocenters. The van der Waals surface area contributed by atoms with E-state index in [1.807, 2.05) is 54.6 Å². The molecule has 1 heterocycles. The van der Waals surface area contributed by atoms with E-state index in [0.717, 1.165) is 16.5 Å². The standard InChI is InChI=1S/C23H14N2O3S/c26-21-17-7-3-2-6-15(17)16-10-9-14(12-18(16)21)24-23(29)25-22(27)20-11-13-5-1-4-8-19(13)28-20/h1-12H,(H2,24,25,27,29). The average molecular weight is 398 g/mol. The number of thiocarbonyl (C=S) groups is 1. The third-order valence-electron chi connectivity index (χ3n) is 4.86. The second-order valence-corrected chi connectivity index (χ2v) is 7.10. The number of furan rings is 1. The quantitative estimate of drug-likeness (QED) is 0.419. The van der Waals surface area contributed by atoms with E-state index >= 15 is 0 Å². The minimum atomic E-state index is -0.441. The number of anilines is 1. The van der Waals surface area contributed by atoms with E-state index in [4.69, 9.17) is 16.6 Å². The van der Waals surface area contributed by atoms with Crippen LogP contribution in [0.5, 0.6) is 0 Å². The number of carbonyl (C=O) groups is 2. The van der Waals surface area contributed by atoms with Gasteiger partial charge in [-0.2, -0.15) is 0 Å². The summed E-state index contributed by atoms with van der Waals surface area (Å²) in [4.78, 5) is 25.0. The van der Waals surface area contributed by atoms with Gasteiger partial charge >= 0.3 is 0 Å². The first-order valence-electron chi connectivity index (χ1n) is 8.99. The van der Waals surface area contributed by atoms with Gasteiger partial charge < -0.3 is 9.73 Å². The van der Waals surface area contributed by atoms with Crippen molar-refractivity contribution in [3.05, 3.63) is 89.7 Å². The van der Waals surface area contributed by atoms with Crippen LogP contribution in [0.4, 0.5) is 5.69 Å². The Balaban J connectivity index is 1.33. The van der Waals surface area contributed by atoms with Crippen molar-refractivity contribution in [1.82, 2.24) is 5.32 Å². The number of amides is 1. The zero-order valence-corrected chi connectivity index (χ0v) is 15.9. The maximum absolute atomic E-state index is 12.6. The molecule has 1 aliphatic carbocycles. The zero-order valence-electron chi connectivity index (χ0n) is 15.1. The number of hydrogen-bond acceptors (Lipinski definition) is 4. The number of fused-ring (bicyclic) bond motifs is 4. The predicted octanol–water partition coefficient (Wildman–Crippen LogP) is 4.77. The molecular formula is C23H14N2O3S. The summed E-state index contributed by atoms with van der Waals surface area (Å²) in [5, 5.41) is 6.53. The van der Waals surface area contributed by atoms with E-state index in [1.165, 1.54) is 0 Å². The van der Waals surface area contributed by atoms with Crippen LogP contribution in [0.25, 0.3) is 22.1 Å². The van der Waals surface area contributed by atoms with Gasteiger partial charge in [0.15, 0.2) is 16.7 Å². The van der Waals surface area contributed by atoms with Crippen LogP contribution in [0.1, 0.15) is 26.5 Å². The van der Waals surface area contributed by atoms with Gasteiger partial charge in [0, 0.05) is 22.2 Å². The van der Waals surface area contributed by atoms with Gasteiger partial charge in [0.1, 0.15) is 5.58 Å². The fourth-order valence-corrected chi connectivity index (χ4v) is 3.74. The first kappa shape index (κ1) is 17.3. The Morgan fingerprint density at radius 2 is 1.55 bits per heavy atom. The fraction of sp³-hybridized carbons (Fsp3) is 0. The van der Waals surface area contributed by atoms with Crippen molar-refractivity contribution < 1.29 is 14.0 Å². The minimum Gasteiger partial charge on any atom is -0.451 e.